The highest BCUT2D eigenvalue weighted by Gasteiger charge is 2.80. The summed E-state index contributed by atoms with van der Waals surface area (Å²) < 4.78 is 11.9. The number of Topliss-reactive ketones (excluding diaryl/α,β-unsaturated/α-hetero) is 2. The first-order valence-corrected chi connectivity index (χ1v) is 11.2. The minimum absolute atomic E-state index is 0.0593. The lowest BCUT2D eigenvalue weighted by molar-refractivity contribution is -0.152. The standard InChI is InChI=1S/C24H32O6/c1-11(2)24-12(25)10-22(5,28)17(24)13-14(19(24)26)23-9-7-8-21(3,4)18(23)16(15(13)29-6)30-20(23)27/h11,15-18,28H,7-10H2,1-6H3/t15-,16-,17-,18-,22-,23-,24+/m0/s1. The van der Waals surface area contributed by atoms with E-state index in [1.807, 2.05) is 13.8 Å². The average molecular weight is 417 g/mol. The Hall–Kier alpha value is -1.53. The first kappa shape index (κ1) is 20.4. The Labute approximate surface area is 177 Å². The molecule has 1 N–H and O–H groups in total. The summed E-state index contributed by atoms with van der Waals surface area (Å²) in [5.74, 6) is -1.97. The Bertz CT molecular complexity index is 911. The van der Waals surface area contributed by atoms with Crippen LogP contribution >= 0.6 is 0 Å². The summed E-state index contributed by atoms with van der Waals surface area (Å²) in [5, 5.41) is 11.4. The summed E-state index contributed by atoms with van der Waals surface area (Å²) in [5.41, 5.74) is -2.82. The zero-order valence-corrected chi connectivity index (χ0v) is 18.7. The number of rotatable bonds is 2. The van der Waals surface area contributed by atoms with Gasteiger partial charge in [0.15, 0.2) is 11.6 Å². The van der Waals surface area contributed by atoms with Gasteiger partial charge in [-0.05, 0) is 36.7 Å². The van der Waals surface area contributed by atoms with Crippen molar-refractivity contribution in [1.29, 1.82) is 0 Å². The van der Waals surface area contributed by atoms with E-state index in [-0.39, 0.29) is 41.2 Å². The van der Waals surface area contributed by atoms with Crippen LogP contribution in [0.4, 0.5) is 0 Å². The van der Waals surface area contributed by atoms with E-state index in [1.54, 1.807) is 14.0 Å². The van der Waals surface area contributed by atoms with Gasteiger partial charge < -0.3 is 14.6 Å². The van der Waals surface area contributed by atoms with E-state index in [4.69, 9.17) is 9.47 Å². The third kappa shape index (κ3) is 1.88. The Morgan fingerprint density at radius 2 is 1.80 bits per heavy atom. The van der Waals surface area contributed by atoms with Gasteiger partial charge in [0.1, 0.15) is 23.0 Å². The van der Waals surface area contributed by atoms with Gasteiger partial charge >= 0.3 is 5.97 Å². The summed E-state index contributed by atoms with van der Waals surface area (Å²) in [4.78, 5) is 41.2. The van der Waals surface area contributed by atoms with Crippen molar-refractivity contribution in [2.24, 2.45) is 34.0 Å². The largest absolute Gasteiger partial charge is 0.458 e. The van der Waals surface area contributed by atoms with E-state index in [1.165, 1.54) is 0 Å². The van der Waals surface area contributed by atoms with Crippen LogP contribution in [-0.4, -0.2) is 47.6 Å². The fraction of sp³-hybridized carbons (Fsp3) is 0.792. The highest BCUT2D eigenvalue weighted by atomic mass is 16.6. The lowest BCUT2D eigenvalue weighted by Gasteiger charge is -2.51. The molecule has 0 aromatic heterocycles. The van der Waals surface area contributed by atoms with Crippen molar-refractivity contribution in [2.45, 2.75) is 78.1 Å². The van der Waals surface area contributed by atoms with Crippen molar-refractivity contribution in [1.82, 2.24) is 0 Å². The van der Waals surface area contributed by atoms with E-state index >= 15 is 0 Å². The minimum atomic E-state index is -1.36. The maximum atomic E-state index is 14.3. The maximum absolute atomic E-state index is 14.3. The fourth-order valence-corrected chi connectivity index (χ4v) is 8.34. The number of methoxy groups -OCH3 is 1. The second-order valence-corrected chi connectivity index (χ2v) is 11.4. The van der Waals surface area contributed by atoms with Crippen molar-refractivity contribution in [3.05, 3.63) is 11.1 Å². The molecule has 6 heteroatoms. The van der Waals surface area contributed by atoms with Crippen molar-refractivity contribution in [3.8, 4) is 0 Å². The Balaban J connectivity index is 1.86. The van der Waals surface area contributed by atoms with Crippen molar-refractivity contribution < 1.29 is 29.0 Å². The topological polar surface area (TPSA) is 89.9 Å². The fourth-order valence-electron chi connectivity index (χ4n) is 8.34. The molecule has 1 saturated heterocycles. The number of carbonyl (C=O) groups excluding carboxylic acids is 3. The zero-order valence-electron chi connectivity index (χ0n) is 18.7. The van der Waals surface area contributed by atoms with Gasteiger partial charge in [-0.1, -0.05) is 34.1 Å². The molecule has 4 aliphatic carbocycles. The van der Waals surface area contributed by atoms with E-state index in [9.17, 15) is 19.5 Å². The third-order valence-electron chi connectivity index (χ3n) is 9.18. The molecule has 5 aliphatic rings. The van der Waals surface area contributed by atoms with Gasteiger partial charge in [-0.2, -0.15) is 0 Å². The van der Waals surface area contributed by atoms with Gasteiger partial charge in [0.25, 0.3) is 0 Å². The molecule has 6 nitrogen and oxygen atoms in total. The van der Waals surface area contributed by atoms with Crippen molar-refractivity contribution in [3.63, 3.8) is 0 Å². The molecular weight excluding hydrogens is 384 g/mol. The van der Waals surface area contributed by atoms with Crippen molar-refractivity contribution >= 4 is 17.5 Å². The van der Waals surface area contributed by atoms with E-state index < -0.39 is 34.6 Å². The summed E-state index contributed by atoms with van der Waals surface area (Å²) in [7, 11) is 1.57. The van der Waals surface area contributed by atoms with Crippen molar-refractivity contribution in [2.75, 3.05) is 7.11 Å². The second-order valence-electron chi connectivity index (χ2n) is 11.4. The number of hydrogen-bond donors (Lipinski definition) is 1. The lowest BCUT2D eigenvalue weighted by Crippen LogP contribution is -2.55. The third-order valence-corrected chi connectivity index (χ3v) is 9.18. The van der Waals surface area contributed by atoms with E-state index in [0.717, 1.165) is 12.8 Å². The van der Waals surface area contributed by atoms with Gasteiger partial charge in [0.2, 0.25) is 0 Å². The molecule has 2 bridgehead atoms. The predicted molar refractivity (Wildman–Crippen MR) is 107 cm³/mol. The van der Waals surface area contributed by atoms with Gasteiger partial charge in [0.05, 0.1) is 5.60 Å². The molecular formula is C24H32O6. The lowest BCUT2D eigenvalue weighted by atomic mass is 9.49. The summed E-state index contributed by atoms with van der Waals surface area (Å²) in [6, 6.07) is 0. The molecule has 0 amide bonds. The molecule has 30 heavy (non-hydrogen) atoms. The smallest absolute Gasteiger partial charge is 0.317 e. The van der Waals surface area contributed by atoms with Gasteiger partial charge in [-0.15, -0.1) is 0 Å². The normalized spacial score (nSPS) is 48.7. The molecule has 3 fully saturated rings. The molecule has 5 rings (SSSR count). The molecule has 0 spiro atoms. The van der Waals surface area contributed by atoms with Crippen LogP contribution in [0.2, 0.25) is 0 Å². The van der Waals surface area contributed by atoms with Crippen LogP contribution in [0.5, 0.6) is 0 Å². The van der Waals surface area contributed by atoms with Crippen LogP contribution in [0.25, 0.3) is 0 Å². The van der Waals surface area contributed by atoms with Gasteiger partial charge in [0, 0.05) is 30.9 Å². The molecule has 0 aromatic rings. The second kappa shape index (κ2) is 5.63. The van der Waals surface area contributed by atoms with E-state index in [2.05, 4.69) is 13.8 Å². The maximum Gasteiger partial charge on any atom is 0.317 e. The summed E-state index contributed by atoms with van der Waals surface area (Å²) in [6.45, 7) is 9.67. The Kier molecular flexibility index (Phi) is 3.82. The zero-order chi connectivity index (χ0) is 22.0. The Morgan fingerprint density at radius 3 is 2.40 bits per heavy atom. The molecule has 1 heterocycles. The average Bonchev–Trinajstić information content (AvgIpc) is 3.13. The molecule has 2 saturated carbocycles. The van der Waals surface area contributed by atoms with Crippen LogP contribution < -0.4 is 0 Å². The van der Waals surface area contributed by atoms with E-state index in [0.29, 0.717) is 17.6 Å². The van der Waals surface area contributed by atoms with Crippen LogP contribution in [0.15, 0.2) is 11.1 Å². The molecule has 164 valence electrons. The molecule has 1 aliphatic heterocycles. The number of fused-ring (bicyclic) bond motifs is 2. The first-order chi connectivity index (χ1) is 13.9. The molecule has 0 radical (unpaired) electrons. The Morgan fingerprint density at radius 1 is 1.13 bits per heavy atom. The van der Waals surface area contributed by atoms with Crippen LogP contribution in [0.3, 0.4) is 0 Å². The minimum Gasteiger partial charge on any atom is -0.458 e. The van der Waals surface area contributed by atoms with Gasteiger partial charge in [-0.25, -0.2) is 0 Å². The number of ether oxygens (including phenoxy) is 2. The first-order valence-electron chi connectivity index (χ1n) is 11.2. The number of aliphatic hydroxyl groups is 1. The number of esters is 1. The highest BCUT2D eigenvalue weighted by Crippen LogP contribution is 2.72. The summed E-state index contributed by atoms with van der Waals surface area (Å²) in [6.07, 6.45) is 1.13. The summed E-state index contributed by atoms with van der Waals surface area (Å²) >= 11 is 0. The quantitative estimate of drug-likeness (QED) is 0.550. The molecule has 0 aromatic carbocycles. The number of hydrogen-bond acceptors (Lipinski definition) is 6. The van der Waals surface area contributed by atoms with Crippen LogP contribution in [0, 0.1) is 34.0 Å². The predicted octanol–water partition coefficient (Wildman–Crippen LogP) is 2.61. The van der Waals surface area contributed by atoms with Crippen LogP contribution in [-0.2, 0) is 23.9 Å². The monoisotopic (exact) mass is 416 g/mol. The van der Waals surface area contributed by atoms with Crippen LogP contribution in [0.1, 0.15) is 60.3 Å². The molecule has 7 atom stereocenters. The highest BCUT2D eigenvalue weighted by molar-refractivity contribution is 6.22. The number of ketones is 2. The number of carbonyl (C=O) groups is 3. The van der Waals surface area contributed by atoms with Gasteiger partial charge in [-0.3, -0.25) is 14.4 Å². The SMILES string of the molecule is CO[C@H]1C2=C(C(=O)[C@]3(C(C)C)C(=O)C[C@](C)(O)[C@H]23)[C@@]23CCCC(C)(C)[C@@H]2[C@H]1OC3=O. The molecule has 0 unspecified atom stereocenters.